The minimum atomic E-state index is -2.88. The fourth-order valence-corrected chi connectivity index (χ4v) is 5.10. The molecule has 13 heteroatoms. The Morgan fingerprint density at radius 3 is 2.64 bits per heavy atom. The number of aromatic amines is 1. The highest BCUT2D eigenvalue weighted by molar-refractivity contribution is 5.87. The van der Waals surface area contributed by atoms with Gasteiger partial charge in [-0.15, -0.1) is 0 Å². The van der Waals surface area contributed by atoms with E-state index in [9.17, 15) is 13.6 Å². The number of morpholine rings is 1. The Morgan fingerprint density at radius 1 is 1.14 bits per heavy atom. The van der Waals surface area contributed by atoms with Crippen molar-refractivity contribution in [3.8, 4) is 11.7 Å². The lowest BCUT2D eigenvalue weighted by Gasteiger charge is -2.28. The van der Waals surface area contributed by atoms with Crippen LogP contribution in [0.25, 0.3) is 28.1 Å². The topological polar surface area (TPSA) is 115 Å². The molecule has 0 bridgehead atoms. The molecule has 2 aliphatic heterocycles. The fourth-order valence-electron chi connectivity index (χ4n) is 5.10. The summed E-state index contributed by atoms with van der Waals surface area (Å²) >= 11 is 0. The molecular weight excluding hydrogens is 474 g/mol. The van der Waals surface area contributed by atoms with Crippen LogP contribution in [0, 0.1) is 0 Å². The first-order valence-electron chi connectivity index (χ1n) is 12.0. The minimum Gasteiger partial charge on any atom is -0.494 e. The Bertz CT molecular complexity index is 1470. The molecule has 2 fully saturated rings. The van der Waals surface area contributed by atoms with E-state index in [-0.39, 0.29) is 23.2 Å². The highest BCUT2D eigenvalue weighted by Gasteiger charge is 2.29. The number of nitrogens with zero attached hydrogens (tertiary/aromatic N) is 6. The second-order valence-electron chi connectivity index (χ2n) is 8.86. The van der Waals surface area contributed by atoms with Crippen molar-refractivity contribution in [3.63, 3.8) is 0 Å². The number of hydrogen-bond donors (Lipinski definition) is 2. The number of para-hydroxylation sites is 1. The van der Waals surface area contributed by atoms with Gasteiger partial charge in [0, 0.05) is 19.1 Å². The standard InChI is InChI=1S/C23H26F2N8O3/c1-35-15-4-2-3-14-16(15)27-21(18(24)25)33(14)22-29-19(31-9-11-36-12-10-31)17-20(30-22)32(23(34)28-17)13-5-7-26-8-6-13/h2-4,13,18,26H,5-12H2,1H3,(H,28,34). The molecule has 190 valence electrons. The van der Waals surface area contributed by atoms with Crippen LogP contribution < -0.4 is 20.6 Å². The third-order valence-corrected chi connectivity index (χ3v) is 6.81. The number of anilines is 1. The largest absolute Gasteiger partial charge is 0.494 e. The van der Waals surface area contributed by atoms with E-state index in [0.29, 0.717) is 54.6 Å². The molecular formula is C23H26F2N8O3. The Labute approximate surface area is 204 Å². The van der Waals surface area contributed by atoms with Crippen LogP contribution in [0.15, 0.2) is 23.0 Å². The van der Waals surface area contributed by atoms with Gasteiger partial charge in [-0.05, 0) is 38.1 Å². The van der Waals surface area contributed by atoms with Gasteiger partial charge in [-0.25, -0.2) is 18.6 Å². The molecule has 3 aromatic heterocycles. The van der Waals surface area contributed by atoms with Crippen molar-refractivity contribution in [2.24, 2.45) is 0 Å². The molecule has 2 aliphatic rings. The number of imidazole rings is 2. The molecule has 0 atom stereocenters. The van der Waals surface area contributed by atoms with E-state index in [1.54, 1.807) is 22.8 Å². The average molecular weight is 501 g/mol. The van der Waals surface area contributed by atoms with Crippen molar-refractivity contribution in [1.29, 1.82) is 0 Å². The summed E-state index contributed by atoms with van der Waals surface area (Å²) in [7, 11) is 1.46. The highest BCUT2D eigenvalue weighted by atomic mass is 19.3. The van der Waals surface area contributed by atoms with Crippen LogP contribution in [0.1, 0.15) is 31.1 Å². The molecule has 0 aliphatic carbocycles. The van der Waals surface area contributed by atoms with Crippen LogP contribution in [0.2, 0.25) is 0 Å². The second kappa shape index (κ2) is 9.13. The molecule has 5 heterocycles. The van der Waals surface area contributed by atoms with E-state index in [1.807, 2.05) is 4.90 Å². The molecule has 11 nitrogen and oxygen atoms in total. The number of benzene rings is 1. The normalized spacial score (nSPS) is 17.5. The van der Waals surface area contributed by atoms with Crippen LogP contribution >= 0.6 is 0 Å². The fraction of sp³-hybridized carbons (Fsp3) is 0.478. The maximum atomic E-state index is 14.3. The smallest absolute Gasteiger partial charge is 0.328 e. The number of H-pyrrole nitrogens is 1. The molecule has 0 amide bonds. The van der Waals surface area contributed by atoms with Crippen molar-refractivity contribution in [3.05, 3.63) is 34.5 Å². The van der Waals surface area contributed by atoms with Crippen LogP contribution in [-0.2, 0) is 4.74 Å². The number of ether oxygens (including phenoxy) is 2. The molecule has 6 rings (SSSR count). The maximum Gasteiger partial charge on any atom is 0.328 e. The number of aromatic nitrogens is 6. The molecule has 1 aromatic carbocycles. The number of alkyl halides is 2. The average Bonchev–Trinajstić information content (AvgIpc) is 3.46. The summed E-state index contributed by atoms with van der Waals surface area (Å²) < 4.78 is 42.3. The van der Waals surface area contributed by atoms with Gasteiger partial charge in [0.15, 0.2) is 17.3 Å². The van der Waals surface area contributed by atoms with Crippen LogP contribution in [0.3, 0.4) is 0 Å². The summed E-state index contributed by atoms with van der Waals surface area (Å²) in [6.07, 6.45) is -1.37. The van der Waals surface area contributed by atoms with Gasteiger partial charge in [-0.1, -0.05) is 6.07 Å². The zero-order valence-electron chi connectivity index (χ0n) is 19.7. The molecule has 2 saturated heterocycles. The number of methoxy groups -OCH3 is 1. The van der Waals surface area contributed by atoms with Gasteiger partial charge in [0.1, 0.15) is 16.8 Å². The lowest BCUT2D eigenvalue weighted by Crippen LogP contribution is -2.37. The predicted molar refractivity (Wildman–Crippen MR) is 128 cm³/mol. The molecule has 0 radical (unpaired) electrons. The van der Waals surface area contributed by atoms with Gasteiger partial charge in [0.05, 0.1) is 25.8 Å². The molecule has 0 saturated carbocycles. The first-order chi connectivity index (χ1) is 17.6. The monoisotopic (exact) mass is 500 g/mol. The summed E-state index contributed by atoms with van der Waals surface area (Å²) in [6, 6.07) is 4.98. The number of halogens is 2. The van der Waals surface area contributed by atoms with Crippen molar-refractivity contribution >= 4 is 28.0 Å². The summed E-state index contributed by atoms with van der Waals surface area (Å²) in [5.74, 6) is 0.383. The molecule has 4 aromatic rings. The number of fused-ring (bicyclic) bond motifs is 2. The van der Waals surface area contributed by atoms with Gasteiger partial charge in [-0.2, -0.15) is 9.97 Å². The van der Waals surface area contributed by atoms with E-state index in [2.05, 4.69) is 15.3 Å². The highest BCUT2D eigenvalue weighted by Crippen LogP contribution is 2.34. The third-order valence-electron chi connectivity index (χ3n) is 6.81. The SMILES string of the molecule is COc1cccc2c1nc(C(F)F)n2-c1nc(N2CCOCC2)c2[nH]c(=O)n(C3CCNCC3)c2n1. The molecule has 2 N–H and O–H groups in total. The van der Waals surface area contributed by atoms with E-state index in [1.165, 1.54) is 11.7 Å². The molecule has 0 unspecified atom stereocenters. The van der Waals surface area contributed by atoms with Gasteiger partial charge in [0.2, 0.25) is 5.95 Å². The second-order valence-corrected chi connectivity index (χ2v) is 8.86. The lowest BCUT2D eigenvalue weighted by molar-refractivity contribution is 0.122. The lowest BCUT2D eigenvalue weighted by atomic mass is 10.1. The van der Waals surface area contributed by atoms with Crippen LogP contribution in [0.5, 0.6) is 5.75 Å². The van der Waals surface area contributed by atoms with Gasteiger partial charge in [0.25, 0.3) is 6.43 Å². The first kappa shape index (κ1) is 22.9. The third kappa shape index (κ3) is 3.69. The number of piperidine rings is 1. The Balaban J connectivity index is 1.64. The Morgan fingerprint density at radius 2 is 1.92 bits per heavy atom. The Hall–Kier alpha value is -3.58. The molecule has 36 heavy (non-hydrogen) atoms. The maximum absolute atomic E-state index is 14.3. The van der Waals surface area contributed by atoms with Crippen molar-refractivity contribution in [2.45, 2.75) is 25.3 Å². The summed E-state index contributed by atoms with van der Waals surface area (Å²) in [4.78, 5) is 31.7. The van der Waals surface area contributed by atoms with Crippen molar-refractivity contribution in [1.82, 2.24) is 34.4 Å². The predicted octanol–water partition coefficient (Wildman–Crippen LogP) is 2.17. The van der Waals surface area contributed by atoms with Crippen LogP contribution in [-0.4, -0.2) is 75.6 Å². The van der Waals surface area contributed by atoms with Crippen molar-refractivity contribution in [2.75, 3.05) is 51.4 Å². The van der Waals surface area contributed by atoms with Gasteiger partial charge >= 0.3 is 5.69 Å². The number of rotatable bonds is 5. The first-order valence-corrected chi connectivity index (χ1v) is 12.0. The van der Waals surface area contributed by atoms with E-state index in [4.69, 9.17) is 19.4 Å². The summed E-state index contributed by atoms with van der Waals surface area (Å²) in [6.45, 7) is 3.64. The zero-order valence-corrected chi connectivity index (χ0v) is 19.7. The van der Waals surface area contributed by atoms with Gasteiger partial charge in [-0.3, -0.25) is 9.13 Å². The summed E-state index contributed by atoms with van der Waals surface area (Å²) in [5, 5.41) is 3.30. The minimum absolute atomic E-state index is 0.0247. The van der Waals surface area contributed by atoms with E-state index in [0.717, 1.165) is 25.9 Å². The Kier molecular flexibility index (Phi) is 5.80. The number of nitrogens with one attached hydrogen (secondary N) is 2. The van der Waals surface area contributed by atoms with Crippen molar-refractivity contribution < 1.29 is 18.3 Å². The quantitative estimate of drug-likeness (QED) is 0.429. The number of hydrogen-bond acceptors (Lipinski definition) is 8. The van der Waals surface area contributed by atoms with Gasteiger partial charge < -0.3 is 24.7 Å². The molecule has 0 spiro atoms. The summed E-state index contributed by atoms with van der Waals surface area (Å²) in [5.41, 5.74) is 1.28. The zero-order chi connectivity index (χ0) is 24.8. The van der Waals surface area contributed by atoms with E-state index >= 15 is 0 Å². The van der Waals surface area contributed by atoms with Crippen LogP contribution in [0.4, 0.5) is 14.6 Å². The van der Waals surface area contributed by atoms with E-state index < -0.39 is 12.2 Å².